The minimum atomic E-state index is -1.01. The average Bonchev–Trinajstić information content (AvgIpc) is 3.29. The van der Waals surface area contributed by atoms with Crippen LogP contribution in [0, 0.1) is 0 Å². The molecule has 1 unspecified atom stereocenters. The highest BCUT2D eigenvalue weighted by molar-refractivity contribution is 5.87. The van der Waals surface area contributed by atoms with Crippen LogP contribution in [0.3, 0.4) is 0 Å². The number of amides is 2. The molecule has 0 bridgehead atoms. The number of aromatic amines is 1. The van der Waals surface area contributed by atoms with Gasteiger partial charge in [-0.15, -0.1) is 0 Å². The van der Waals surface area contributed by atoms with Crippen LogP contribution in [0.4, 0.5) is 0 Å². The quantitative estimate of drug-likeness (QED) is 0.0625. The number of aromatic hydroxyl groups is 1. The number of benzene rings is 5. The van der Waals surface area contributed by atoms with Gasteiger partial charge in [-0.05, 0) is 71.8 Å². The number of ether oxygens (including phenoxy) is 1. The molecule has 12 heteroatoms. The van der Waals surface area contributed by atoms with E-state index in [1.807, 2.05) is 114 Å². The number of para-hydroxylation sites is 1. The van der Waals surface area contributed by atoms with Crippen molar-refractivity contribution < 1.29 is 34.4 Å². The van der Waals surface area contributed by atoms with Crippen LogP contribution in [0.25, 0.3) is 10.9 Å². The van der Waals surface area contributed by atoms with Crippen molar-refractivity contribution in [1.29, 1.82) is 0 Å². The molecule has 0 aliphatic carbocycles. The Balaban J connectivity index is 0.972. The largest absolute Gasteiger partial charge is 0.506 e. The van der Waals surface area contributed by atoms with Crippen LogP contribution >= 0.6 is 0 Å². The summed E-state index contributed by atoms with van der Waals surface area (Å²) in [7, 11) is 0. The van der Waals surface area contributed by atoms with Gasteiger partial charge in [0.15, 0.2) is 0 Å². The first-order valence-corrected chi connectivity index (χ1v) is 21.0. The number of carboxylic acid groups (broad SMARTS) is 1. The minimum absolute atomic E-state index is 0.0610. The third kappa shape index (κ3) is 10.6. The maximum atomic E-state index is 14.1. The second kappa shape index (κ2) is 20.2. The standard InChI is InChI=1S/C50H52N4O8/c55-42-22-20-40(41-21-23-45(57)52-48(41)42)43(56)32-51-26-9-27-54(33-38-12-7-8-15-44(38)62-34-37-10-3-1-4-11-37)47(59)31-36-18-16-35(17-19-36)30-46(58)53-28-24-50(25-29-53,49(60)61)39-13-5-2-6-14-39/h1-8,10-23,43,51,55-56H,9,24-34H2,(H,52,57)(H,60,61). The second-order valence-electron chi connectivity index (χ2n) is 15.9. The molecule has 5 N–H and O–H groups in total. The number of nitrogens with zero attached hydrogens (tertiary/aromatic N) is 2. The number of aliphatic carboxylic acids is 1. The van der Waals surface area contributed by atoms with Gasteiger partial charge in [0.05, 0.1) is 29.9 Å². The first-order valence-electron chi connectivity index (χ1n) is 21.0. The van der Waals surface area contributed by atoms with Gasteiger partial charge in [-0.2, -0.15) is 0 Å². The Morgan fingerprint density at radius 2 is 1.45 bits per heavy atom. The Bertz CT molecular complexity index is 2520. The number of rotatable bonds is 18. The summed E-state index contributed by atoms with van der Waals surface area (Å²) in [5.74, 6) is -0.393. The molecular formula is C50H52N4O8. The molecule has 12 nitrogen and oxygen atoms in total. The number of hydrogen-bond acceptors (Lipinski definition) is 8. The lowest BCUT2D eigenvalue weighted by atomic mass is 9.73. The lowest BCUT2D eigenvalue weighted by molar-refractivity contribution is -0.148. The zero-order valence-electron chi connectivity index (χ0n) is 34.5. The average molecular weight is 837 g/mol. The Kier molecular flexibility index (Phi) is 14.1. The fourth-order valence-electron chi connectivity index (χ4n) is 8.17. The molecule has 62 heavy (non-hydrogen) atoms. The summed E-state index contributed by atoms with van der Waals surface area (Å²) in [6, 6.07) is 40.3. The number of phenols is 1. The van der Waals surface area contributed by atoms with E-state index in [4.69, 9.17) is 4.74 Å². The van der Waals surface area contributed by atoms with Gasteiger partial charge in [0, 0.05) is 49.7 Å². The zero-order valence-corrected chi connectivity index (χ0v) is 34.5. The van der Waals surface area contributed by atoms with Gasteiger partial charge in [0.25, 0.3) is 0 Å². The molecule has 6 aromatic rings. The second-order valence-corrected chi connectivity index (χ2v) is 15.9. The molecule has 2 heterocycles. The Hall–Kier alpha value is -6.76. The van der Waals surface area contributed by atoms with E-state index < -0.39 is 17.5 Å². The lowest BCUT2D eigenvalue weighted by Gasteiger charge is -2.39. The number of aliphatic hydroxyl groups is 1. The smallest absolute Gasteiger partial charge is 0.314 e. The molecule has 0 saturated carbocycles. The van der Waals surface area contributed by atoms with Crippen LogP contribution in [0.15, 0.2) is 138 Å². The molecule has 0 spiro atoms. The number of carboxylic acids is 1. The van der Waals surface area contributed by atoms with Gasteiger partial charge < -0.3 is 40.2 Å². The molecule has 1 aromatic heterocycles. The summed E-state index contributed by atoms with van der Waals surface area (Å²) in [6.07, 6.45) is 0.689. The van der Waals surface area contributed by atoms with Crippen molar-refractivity contribution >= 4 is 28.7 Å². The van der Waals surface area contributed by atoms with Crippen molar-refractivity contribution in [3.05, 3.63) is 177 Å². The molecule has 1 aliphatic heterocycles. The van der Waals surface area contributed by atoms with Crippen molar-refractivity contribution in [1.82, 2.24) is 20.1 Å². The van der Waals surface area contributed by atoms with Gasteiger partial charge in [0.2, 0.25) is 17.4 Å². The van der Waals surface area contributed by atoms with Gasteiger partial charge in [-0.25, -0.2) is 0 Å². The summed E-state index contributed by atoms with van der Waals surface area (Å²) >= 11 is 0. The number of hydrogen-bond donors (Lipinski definition) is 5. The number of nitrogens with one attached hydrogen (secondary N) is 2. The van der Waals surface area contributed by atoms with E-state index >= 15 is 0 Å². The fourth-order valence-corrected chi connectivity index (χ4v) is 8.17. The molecule has 7 rings (SSSR count). The van der Waals surface area contributed by atoms with E-state index in [-0.39, 0.29) is 48.0 Å². The summed E-state index contributed by atoms with van der Waals surface area (Å²) in [5.41, 5.74) is 3.76. The van der Waals surface area contributed by atoms with Crippen molar-refractivity contribution in [3.8, 4) is 11.5 Å². The zero-order chi connectivity index (χ0) is 43.5. The van der Waals surface area contributed by atoms with Crippen molar-refractivity contribution in [3.63, 3.8) is 0 Å². The lowest BCUT2D eigenvalue weighted by Crippen LogP contribution is -2.49. The van der Waals surface area contributed by atoms with E-state index in [9.17, 15) is 34.5 Å². The van der Waals surface area contributed by atoms with E-state index in [1.54, 1.807) is 17.0 Å². The highest BCUT2D eigenvalue weighted by Crippen LogP contribution is 2.36. The van der Waals surface area contributed by atoms with Gasteiger partial charge in [0.1, 0.15) is 18.1 Å². The number of piperidine rings is 1. The van der Waals surface area contributed by atoms with E-state index in [0.717, 1.165) is 27.8 Å². The van der Waals surface area contributed by atoms with Gasteiger partial charge in [-0.1, -0.05) is 109 Å². The number of pyridine rings is 1. The molecule has 1 fully saturated rings. The number of carbonyl (C=O) groups is 3. The fraction of sp³-hybridized carbons (Fsp3) is 0.280. The van der Waals surface area contributed by atoms with E-state index in [1.165, 1.54) is 12.1 Å². The number of likely N-dealkylation sites (tertiary alicyclic amines) is 1. The summed E-state index contributed by atoms with van der Waals surface area (Å²) < 4.78 is 6.24. The Morgan fingerprint density at radius 3 is 2.16 bits per heavy atom. The van der Waals surface area contributed by atoms with Crippen LogP contribution in [0.1, 0.15) is 58.7 Å². The highest BCUT2D eigenvalue weighted by atomic mass is 16.5. The Labute approximate surface area is 360 Å². The molecule has 1 aliphatic rings. The van der Waals surface area contributed by atoms with E-state index in [2.05, 4.69) is 10.3 Å². The summed E-state index contributed by atoms with van der Waals surface area (Å²) in [4.78, 5) is 57.9. The van der Waals surface area contributed by atoms with Crippen molar-refractivity contribution in [2.24, 2.45) is 0 Å². The SMILES string of the molecule is O=C(Cc1ccc(CC(=O)N(CCCNCC(O)c2ccc(O)c3[nH]c(=O)ccc23)Cc2ccccc2OCc2ccccc2)cc1)N1CCC(C(=O)O)(c2ccccc2)CC1. The Morgan fingerprint density at radius 1 is 0.790 bits per heavy atom. The number of carbonyl (C=O) groups excluding carboxylic acids is 2. The van der Waals surface area contributed by atoms with Gasteiger partial charge >= 0.3 is 5.97 Å². The minimum Gasteiger partial charge on any atom is -0.506 e. The first kappa shape index (κ1) is 43.3. The maximum Gasteiger partial charge on any atom is 0.314 e. The van der Waals surface area contributed by atoms with Crippen LogP contribution < -0.4 is 15.6 Å². The maximum absolute atomic E-state index is 14.1. The topological polar surface area (TPSA) is 172 Å². The van der Waals surface area contributed by atoms with Crippen molar-refractivity contribution in [2.45, 2.75) is 56.8 Å². The predicted molar refractivity (Wildman–Crippen MR) is 237 cm³/mol. The molecule has 320 valence electrons. The summed E-state index contributed by atoms with van der Waals surface area (Å²) in [5, 5.41) is 35.3. The van der Waals surface area contributed by atoms with Crippen LogP contribution in [0.5, 0.6) is 11.5 Å². The van der Waals surface area contributed by atoms with Crippen LogP contribution in [-0.2, 0) is 45.8 Å². The molecule has 1 atom stereocenters. The molecule has 0 radical (unpaired) electrons. The monoisotopic (exact) mass is 836 g/mol. The molecular weight excluding hydrogens is 785 g/mol. The van der Waals surface area contributed by atoms with Gasteiger partial charge in [-0.3, -0.25) is 19.2 Å². The third-order valence-electron chi connectivity index (χ3n) is 11.7. The van der Waals surface area contributed by atoms with Crippen LogP contribution in [0.2, 0.25) is 0 Å². The predicted octanol–water partition coefficient (Wildman–Crippen LogP) is 6.28. The molecule has 5 aromatic carbocycles. The number of fused-ring (bicyclic) bond motifs is 1. The number of aromatic nitrogens is 1. The van der Waals surface area contributed by atoms with Crippen molar-refractivity contribution in [2.75, 3.05) is 32.7 Å². The normalized spacial score (nSPS) is 14.0. The highest BCUT2D eigenvalue weighted by Gasteiger charge is 2.43. The molecule has 2 amide bonds. The molecule has 1 saturated heterocycles. The number of phenolic OH excluding ortho intramolecular Hbond substituents is 1. The van der Waals surface area contributed by atoms with E-state index in [0.29, 0.717) is 75.3 Å². The first-order chi connectivity index (χ1) is 30.1. The van der Waals surface area contributed by atoms with Crippen LogP contribution in [-0.4, -0.2) is 80.6 Å². The number of H-pyrrole nitrogens is 1. The number of aliphatic hydroxyl groups excluding tert-OH is 1. The summed E-state index contributed by atoms with van der Waals surface area (Å²) in [6.45, 7) is 2.56. The third-order valence-corrected chi connectivity index (χ3v) is 11.7.